The van der Waals surface area contributed by atoms with Crippen molar-refractivity contribution in [3.63, 3.8) is 0 Å². The van der Waals surface area contributed by atoms with Crippen molar-refractivity contribution in [3.8, 4) is 0 Å². The first-order chi connectivity index (χ1) is 14.0. The van der Waals surface area contributed by atoms with Gasteiger partial charge in [0.1, 0.15) is 24.3 Å². The number of ether oxygens (including phenoxy) is 1. The molecule has 0 unspecified atom stereocenters. The van der Waals surface area contributed by atoms with Crippen LogP contribution in [0.5, 0.6) is 0 Å². The van der Waals surface area contributed by atoms with Crippen molar-refractivity contribution in [3.05, 3.63) is 53.7 Å². The van der Waals surface area contributed by atoms with E-state index in [4.69, 9.17) is 10.5 Å². The first kappa shape index (κ1) is 18.7. The highest BCUT2D eigenvalue weighted by molar-refractivity contribution is 5.96. The molecule has 29 heavy (non-hydrogen) atoms. The van der Waals surface area contributed by atoms with Crippen LogP contribution in [0, 0.1) is 0 Å². The predicted molar refractivity (Wildman–Crippen MR) is 102 cm³/mol. The van der Waals surface area contributed by atoms with E-state index in [1.807, 2.05) is 30.3 Å². The molecule has 3 aromatic rings. The Hall–Kier alpha value is -3.69. The second-order valence-electron chi connectivity index (χ2n) is 6.85. The highest BCUT2D eigenvalue weighted by atomic mass is 16.6. The highest BCUT2D eigenvalue weighted by Crippen LogP contribution is 2.29. The van der Waals surface area contributed by atoms with Gasteiger partial charge in [-0.1, -0.05) is 30.3 Å². The standard InChI is InChI=1S/C19H20N6O4/c20-16-15-14(18(26)27)23-17(25(15)22-11-21-16)13-7-4-8-24(9-13)19(28)29-10-12-5-2-1-3-6-12/h1-3,5-6,11,13H,4,7-10H2,(H,26,27)(H2,20,21,22)/t13-/m1/s1. The summed E-state index contributed by atoms with van der Waals surface area (Å²) in [7, 11) is 0. The van der Waals surface area contributed by atoms with Crippen LogP contribution in [0.25, 0.3) is 5.52 Å². The lowest BCUT2D eigenvalue weighted by molar-refractivity contribution is 0.0691. The molecule has 1 saturated heterocycles. The Labute approximate surface area is 165 Å². The Morgan fingerprint density at radius 3 is 2.83 bits per heavy atom. The summed E-state index contributed by atoms with van der Waals surface area (Å²) in [5.74, 6) is -0.897. The molecule has 150 valence electrons. The maximum absolute atomic E-state index is 12.5. The Morgan fingerprint density at radius 2 is 2.07 bits per heavy atom. The lowest BCUT2D eigenvalue weighted by Crippen LogP contribution is -2.39. The number of carboxylic acid groups (broad SMARTS) is 1. The predicted octanol–water partition coefficient (Wildman–Crippen LogP) is 1.92. The molecule has 10 heteroatoms. The zero-order chi connectivity index (χ0) is 20.4. The van der Waals surface area contributed by atoms with Gasteiger partial charge in [0.25, 0.3) is 0 Å². The quantitative estimate of drug-likeness (QED) is 0.683. The number of aromatic carboxylic acids is 1. The van der Waals surface area contributed by atoms with Crippen LogP contribution in [0.1, 0.15) is 40.6 Å². The van der Waals surface area contributed by atoms with Crippen LogP contribution in [-0.4, -0.2) is 54.7 Å². The summed E-state index contributed by atoms with van der Waals surface area (Å²) in [5, 5.41) is 13.6. The van der Waals surface area contributed by atoms with Crippen LogP contribution >= 0.6 is 0 Å². The molecule has 1 aromatic carbocycles. The van der Waals surface area contributed by atoms with E-state index < -0.39 is 12.1 Å². The van der Waals surface area contributed by atoms with Gasteiger partial charge in [0.15, 0.2) is 11.5 Å². The lowest BCUT2D eigenvalue weighted by atomic mass is 9.98. The van der Waals surface area contributed by atoms with Gasteiger partial charge in [-0.25, -0.2) is 24.1 Å². The number of nitrogen functional groups attached to an aromatic ring is 1. The molecule has 3 N–H and O–H groups in total. The minimum absolute atomic E-state index is 0.0473. The molecule has 3 heterocycles. The second kappa shape index (κ2) is 7.74. The van der Waals surface area contributed by atoms with Crippen molar-refractivity contribution in [2.24, 2.45) is 0 Å². The van der Waals surface area contributed by atoms with Crippen molar-refractivity contribution in [2.75, 3.05) is 18.8 Å². The number of imidazole rings is 1. The molecule has 10 nitrogen and oxygen atoms in total. The van der Waals surface area contributed by atoms with E-state index in [0.717, 1.165) is 18.4 Å². The normalized spacial score (nSPS) is 16.7. The lowest BCUT2D eigenvalue weighted by Gasteiger charge is -2.31. The van der Waals surface area contributed by atoms with Gasteiger partial charge in [-0.05, 0) is 18.4 Å². The van der Waals surface area contributed by atoms with Crippen LogP contribution < -0.4 is 5.73 Å². The van der Waals surface area contributed by atoms with Gasteiger partial charge in [0.05, 0.1) is 0 Å². The summed E-state index contributed by atoms with van der Waals surface area (Å²) in [6, 6.07) is 9.45. The fraction of sp³-hybridized carbons (Fsp3) is 0.316. The summed E-state index contributed by atoms with van der Waals surface area (Å²) >= 11 is 0. The Kier molecular flexibility index (Phi) is 4.98. The van der Waals surface area contributed by atoms with Crippen molar-refractivity contribution in [1.82, 2.24) is 24.5 Å². The average Bonchev–Trinajstić information content (AvgIpc) is 3.14. The van der Waals surface area contributed by atoms with Crippen molar-refractivity contribution < 1.29 is 19.4 Å². The largest absolute Gasteiger partial charge is 0.476 e. The number of fused-ring (bicyclic) bond motifs is 1. The maximum atomic E-state index is 12.5. The number of piperidine rings is 1. The number of nitrogens with zero attached hydrogens (tertiary/aromatic N) is 5. The van der Waals surface area contributed by atoms with Gasteiger partial charge in [-0.3, -0.25) is 0 Å². The number of carboxylic acids is 1. The molecule has 1 aliphatic heterocycles. The third-order valence-corrected chi connectivity index (χ3v) is 4.94. The van der Waals surface area contributed by atoms with Crippen LogP contribution in [0.3, 0.4) is 0 Å². The number of carbonyl (C=O) groups excluding carboxylic acids is 1. The molecular formula is C19H20N6O4. The molecule has 1 atom stereocenters. The Morgan fingerprint density at radius 1 is 1.28 bits per heavy atom. The van der Waals surface area contributed by atoms with E-state index in [2.05, 4.69) is 15.1 Å². The molecule has 0 bridgehead atoms. The summed E-state index contributed by atoms with van der Waals surface area (Å²) in [5.41, 5.74) is 6.73. The van der Waals surface area contributed by atoms with Crippen LogP contribution in [0.15, 0.2) is 36.7 Å². The minimum Gasteiger partial charge on any atom is -0.476 e. The monoisotopic (exact) mass is 396 g/mol. The number of nitrogens with two attached hydrogens (primary N) is 1. The fourth-order valence-corrected chi connectivity index (χ4v) is 3.55. The Balaban J connectivity index is 1.53. The van der Waals surface area contributed by atoms with Crippen LogP contribution in [-0.2, 0) is 11.3 Å². The Bertz CT molecular complexity index is 1050. The second-order valence-corrected chi connectivity index (χ2v) is 6.85. The van der Waals surface area contributed by atoms with Crippen molar-refractivity contribution >= 4 is 23.4 Å². The average molecular weight is 396 g/mol. The molecule has 0 radical (unpaired) electrons. The number of anilines is 1. The van der Waals surface area contributed by atoms with E-state index in [0.29, 0.717) is 18.9 Å². The molecule has 2 aromatic heterocycles. The van der Waals surface area contributed by atoms with E-state index in [9.17, 15) is 14.7 Å². The molecule has 1 amide bonds. The van der Waals surface area contributed by atoms with Gasteiger partial charge in [-0.2, -0.15) is 5.10 Å². The molecule has 0 aliphatic carbocycles. The number of likely N-dealkylation sites (tertiary alicyclic amines) is 1. The topological polar surface area (TPSA) is 136 Å². The molecule has 1 aliphatic rings. The van der Waals surface area contributed by atoms with Gasteiger partial charge < -0.3 is 20.5 Å². The minimum atomic E-state index is -1.20. The van der Waals surface area contributed by atoms with Gasteiger partial charge >= 0.3 is 12.1 Å². The number of amides is 1. The van der Waals surface area contributed by atoms with E-state index in [1.165, 1.54) is 10.8 Å². The first-order valence-electron chi connectivity index (χ1n) is 9.22. The number of hydrogen-bond acceptors (Lipinski definition) is 7. The zero-order valence-corrected chi connectivity index (χ0v) is 15.6. The maximum Gasteiger partial charge on any atom is 0.410 e. The molecule has 1 fully saturated rings. The summed E-state index contributed by atoms with van der Waals surface area (Å²) in [6.07, 6.45) is 2.33. The molecule has 4 rings (SSSR count). The molecule has 0 spiro atoms. The van der Waals surface area contributed by atoms with Gasteiger partial charge in [0, 0.05) is 19.0 Å². The van der Waals surface area contributed by atoms with Crippen molar-refractivity contribution in [2.45, 2.75) is 25.4 Å². The summed E-state index contributed by atoms with van der Waals surface area (Å²) in [4.78, 5) is 33.8. The molecule has 0 saturated carbocycles. The number of carbonyl (C=O) groups is 2. The van der Waals surface area contributed by atoms with Crippen LogP contribution in [0.2, 0.25) is 0 Å². The molecular weight excluding hydrogens is 376 g/mol. The third kappa shape index (κ3) is 3.68. The third-order valence-electron chi connectivity index (χ3n) is 4.94. The zero-order valence-electron chi connectivity index (χ0n) is 15.6. The van der Waals surface area contributed by atoms with E-state index in [-0.39, 0.29) is 29.6 Å². The highest BCUT2D eigenvalue weighted by Gasteiger charge is 2.31. The van der Waals surface area contributed by atoms with Crippen LogP contribution in [0.4, 0.5) is 10.6 Å². The van der Waals surface area contributed by atoms with E-state index in [1.54, 1.807) is 4.90 Å². The number of aromatic nitrogens is 4. The number of benzene rings is 1. The summed E-state index contributed by atoms with van der Waals surface area (Å²) < 4.78 is 6.83. The van der Waals surface area contributed by atoms with Gasteiger partial charge in [-0.15, -0.1) is 0 Å². The smallest absolute Gasteiger partial charge is 0.410 e. The van der Waals surface area contributed by atoms with Crippen molar-refractivity contribution in [1.29, 1.82) is 0 Å². The summed E-state index contributed by atoms with van der Waals surface area (Å²) in [6.45, 7) is 1.12. The van der Waals surface area contributed by atoms with Gasteiger partial charge in [0.2, 0.25) is 0 Å². The SMILES string of the molecule is Nc1ncnn2c([C@@H]3CCCN(C(=O)OCc4ccccc4)C3)nc(C(=O)O)c12. The first-order valence-corrected chi connectivity index (χ1v) is 9.22. The fourth-order valence-electron chi connectivity index (χ4n) is 3.55. The van der Waals surface area contributed by atoms with E-state index >= 15 is 0 Å². The number of hydrogen-bond donors (Lipinski definition) is 2. The number of rotatable bonds is 4.